The Labute approximate surface area is 169 Å². The Morgan fingerprint density at radius 3 is 2.64 bits per heavy atom. The largest absolute Gasteiger partial charge is 0.386 e. The van der Waals surface area contributed by atoms with Crippen molar-refractivity contribution in [1.82, 2.24) is 4.31 Å². The summed E-state index contributed by atoms with van der Waals surface area (Å²) in [7, 11) is 1.72. The number of amidine groups is 1. The number of carbonyl (C=O) groups excluding carboxylic acids is 1. The highest BCUT2D eigenvalue weighted by Gasteiger charge is 2.38. The number of rotatable bonds is 4. The zero-order valence-corrected chi connectivity index (χ0v) is 18.4. The molecule has 0 aromatic heterocycles. The SMILES string of the molecule is CC.COC(C)C(=O)Nc1ccc(F)c(C2CN(C)S(=O)C(C)(C)C(N)=N2)c1. The zero-order valence-electron chi connectivity index (χ0n) is 17.6. The first-order valence-electron chi connectivity index (χ1n) is 9.18. The fraction of sp³-hybridized carbons (Fsp3) is 0.579. The smallest absolute Gasteiger partial charge is 0.253 e. The molecule has 7 nitrogen and oxygen atoms in total. The second kappa shape index (κ2) is 10.1. The quantitative estimate of drug-likeness (QED) is 0.791. The molecule has 2 rings (SSSR count). The lowest BCUT2D eigenvalue weighted by molar-refractivity contribution is -0.124. The minimum Gasteiger partial charge on any atom is -0.386 e. The lowest BCUT2D eigenvalue weighted by Gasteiger charge is -2.25. The fourth-order valence-electron chi connectivity index (χ4n) is 2.55. The fourth-order valence-corrected chi connectivity index (χ4v) is 3.84. The summed E-state index contributed by atoms with van der Waals surface area (Å²) < 4.78 is 32.7. The predicted molar refractivity (Wildman–Crippen MR) is 112 cm³/mol. The van der Waals surface area contributed by atoms with Crippen LogP contribution in [0.1, 0.15) is 46.2 Å². The summed E-state index contributed by atoms with van der Waals surface area (Å²) in [5.74, 6) is -0.608. The average Bonchev–Trinajstić information content (AvgIpc) is 2.75. The highest BCUT2D eigenvalue weighted by Crippen LogP contribution is 2.30. The number of likely N-dealkylation sites (N-methyl/N-ethyl adjacent to an activating group) is 1. The molecule has 1 aliphatic heterocycles. The molecule has 1 heterocycles. The van der Waals surface area contributed by atoms with E-state index in [0.717, 1.165) is 0 Å². The van der Waals surface area contributed by atoms with Crippen LogP contribution in [0.4, 0.5) is 10.1 Å². The number of nitrogens with one attached hydrogen (secondary N) is 1. The van der Waals surface area contributed by atoms with Gasteiger partial charge in [-0.2, -0.15) is 0 Å². The van der Waals surface area contributed by atoms with Gasteiger partial charge in [0.2, 0.25) is 0 Å². The number of aliphatic imine (C=N–C) groups is 1. The molecule has 1 aromatic carbocycles. The molecular weight excluding hydrogens is 383 g/mol. The molecule has 0 saturated carbocycles. The van der Waals surface area contributed by atoms with Crippen LogP contribution in [0.5, 0.6) is 0 Å². The van der Waals surface area contributed by atoms with Crippen LogP contribution in [-0.4, -0.2) is 51.8 Å². The third-order valence-corrected chi connectivity index (χ3v) is 6.20. The van der Waals surface area contributed by atoms with Crippen molar-refractivity contribution in [1.29, 1.82) is 0 Å². The highest BCUT2D eigenvalue weighted by molar-refractivity contribution is 7.85. The molecule has 3 atom stereocenters. The van der Waals surface area contributed by atoms with Gasteiger partial charge in [-0.15, -0.1) is 0 Å². The van der Waals surface area contributed by atoms with Gasteiger partial charge in [-0.3, -0.25) is 9.79 Å². The Morgan fingerprint density at radius 2 is 2.07 bits per heavy atom. The summed E-state index contributed by atoms with van der Waals surface area (Å²) >= 11 is 0. The van der Waals surface area contributed by atoms with Crippen molar-refractivity contribution < 1.29 is 18.1 Å². The molecule has 0 radical (unpaired) electrons. The van der Waals surface area contributed by atoms with Crippen LogP contribution in [0.3, 0.4) is 0 Å². The van der Waals surface area contributed by atoms with Crippen LogP contribution in [0, 0.1) is 5.82 Å². The number of hydrogen-bond acceptors (Lipinski definition) is 5. The number of carbonyl (C=O) groups is 1. The first-order valence-corrected chi connectivity index (χ1v) is 10.3. The van der Waals surface area contributed by atoms with Crippen LogP contribution in [0.15, 0.2) is 23.2 Å². The van der Waals surface area contributed by atoms with E-state index in [9.17, 15) is 13.4 Å². The maximum Gasteiger partial charge on any atom is 0.253 e. The Bertz CT molecular complexity index is 755. The molecule has 1 aromatic rings. The van der Waals surface area contributed by atoms with Crippen molar-refractivity contribution in [2.45, 2.75) is 51.5 Å². The van der Waals surface area contributed by atoms with Gasteiger partial charge in [0.15, 0.2) is 0 Å². The van der Waals surface area contributed by atoms with E-state index in [1.54, 1.807) is 32.1 Å². The molecule has 0 bridgehead atoms. The van der Waals surface area contributed by atoms with Crippen molar-refractivity contribution in [3.8, 4) is 0 Å². The molecule has 9 heteroatoms. The normalized spacial score (nSPS) is 22.9. The van der Waals surface area contributed by atoms with Crippen molar-refractivity contribution in [2.75, 3.05) is 26.0 Å². The van der Waals surface area contributed by atoms with Gasteiger partial charge < -0.3 is 15.8 Å². The molecule has 28 heavy (non-hydrogen) atoms. The minimum atomic E-state index is -1.40. The van der Waals surface area contributed by atoms with Crippen molar-refractivity contribution >= 4 is 28.4 Å². The second-order valence-electron chi connectivity index (χ2n) is 6.70. The van der Waals surface area contributed by atoms with Gasteiger partial charge in [-0.25, -0.2) is 12.9 Å². The van der Waals surface area contributed by atoms with Gasteiger partial charge in [-0.1, -0.05) is 13.8 Å². The van der Waals surface area contributed by atoms with Crippen molar-refractivity contribution in [2.24, 2.45) is 10.7 Å². The summed E-state index contributed by atoms with van der Waals surface area (Å²) in [4.78, 5) is 16.4. The van der Waals surface area contributed by atoms with Crippen LogP contribution < -0.4 is 11.1 Å². The number of amides is 1. The van der Waals surface area contributed by atoms with E-state index in [-0.39, 0.29) is 23.9 Å². The van der Waals surface area contributed by atoms with Gasteiger partial charge in [0.1, 0.15) is 33.5 Å². The maximum atomic E-state index is 14.5. The van der Waals surface area contributed by atoms with Gasteiger partial charge >= 0.3 is 0 Å². The molecule has 0 spiro atoms. The van der Waals surface area contributed by atoms with E-state index in [1.165, 1.54) is 25.3 Å². The lowest BCUT2D eigenvalue weighted by Crippen LogP contribution is -2.45. The summed E-state index contributed by atoms with van der Waals surface area (Å²) in [5.41, 5.74) is 6.74. The third-order valence-electron chi connectivity index (χ3n) is 4.41. The molecule has 3 N–H and O–H groups in total. The van der Waals surface area contributed by atoms with E-state index >= 15 is 0 Å². The monoisotopic (exact) mass is 414 g/mol. The summed E-state index contributed by atoms with van der Waals surface area (Å²) in [6, 6.07) is 3.62. The number of hydrogen-bond donors (Lipinski definition) is 2. The first-order chi connectivity index (χ1) is 13.1. The van der Waals surface area contributed by atoms with Gasteiger partial charge in [-0.05, 0) is 46.0 Å². The second-order valence-corrected chi connectivity index (χ2v) is 8.85. The molecule has 3 unspecified atom stereocenters. The van der Waals surface area contributed by atoms with E-state index in [4.69, 9.17) is 10.5 Å². The number of nitrogens with two attached hydrogens (primary N) is 1. The summed E-state index contributed by atoms with van der Waals surface area (Å²) in [6.07, 6.45) is -0.635. The Hall–Kier alpha value is -1.84. The average molecular weight is 415 g/mol. The predicted octanol–water partition coefficient (Wildman–Crippen LogP) is 2.61. The van der Waals surface area contributed by atoms with Gasteiger partial charge in [0, 0.05) is 24.9 Å². The first kappa shape index (κ1) is 24.2. The Balaban J connectivity index is 0.00000190. The molecule has 0 aliphatic carbocycles. The number of anilines is 1. The van der Waals surface area contributed by atoms with E-state index in [0.29, 0.717) is 5.69 Å². The number of methoxy groups -OCH3 is 1. The Morgan fingerprint density at radius 1 is 1.46 bits per heavy atom. The van der Waals surface area contributed by atoms with E-state index in [2.05, 4.69) is 10.3 Å². The Kier molecular flexibility index (Phi) is 8.72. The number of halogens is 1. The highest BCUT2D eigenvalue weighted by atomic mass is 32.2. The van der Waals surface area contributed by atoms with E-state index in [1.807, 2.05) is 13.8 Å². The van der Waals surface area contributed by atoms with Crippen LogP contribution in [0.25, 0.3) is 0 Å². The van der Waals surface area contributed by atoms with Crippen LogP contribution in [-0.2, 0) is 20.5 Å². The number of benzene rings is 1. The van der Waals surface area contributed by atoms with Gasteiger partial charge in [0.05, 0.1) is 6.04 Å². The standard InChI is InChI=1S/C17H25FN4O3S.C2H6/c1-10(25-5)15(23)20-11-6-7-13(18)12(8-11)14-9-22(4)26(24)17(2,3)16(19)21-14;1-2/h6-8,10,14H,9H2,1-5H3,(H2,19,21)(H,20,23);1-2H3. The van der Waals surface area contributed by atoms with Gasteiger partial charge in [0.25, 0.3) is 5.91 Å². The molecule has 1 aliphatic rings. The van der Waals surface area contributed by atoms with Crippen LogP contribution >= 0.6 is 0 Å². The molecular formula is C19H31FN4O3S. The third kappa shape index (κ3) is 5.36. The van der Waals surface area contributed by atoms with Crippen molar-refractivity contribution in [3.63, 3.8) is 0 Å². The zero-order chi connectivity index (χ0) is 21.6. The molecule has 0 fully saturated rings. The molecule has 158 valence electrons. The lowest BCUT2D eigenvalue weighted by atomic mass is 10.0. The summed E-state index contributed by atoms with van der Waals surface area (Å²) in [5, 5.41) is 2.68. The molecule has 0 saturated heterocycles. The molecule has 1 amide bonds. The maximum absolute atomic E-state index is 14.5. The van der Waals surface area contributed by atoms with E-state index < -0.39 is 33.7 Å². The van der Waals surface area contributed by atoms with Crippen molar-refractivity contribution in [3.05, 3.63) is 29.6 Å². The summed E-state index contributed by atoms with van der Waals surface area (Å²) in [6.45, 7) is 9.32. The number of nitrogens with zero attached hydrogens (tertiary/aromatic N) is 2. The number of ether oxygens (including phenoxy) is 1. The topological polar surface area (TPSA) is 97.0 Å². The van der Waals surface area contributed by atoms with Crippen LogP contribution in [0.2, 0.25) is 0 Å². The minimum absolute atomic E-state index is 0.201.